The molecule has 0 spiro atoms. The van der Waals surface area contributed by atoms with E-state index >= 15 is 0 Å². The van der Waals surface area contributed by atoms with E-state index in [1.807, 2.05) is 30.3 Å². The third-order valence-electron chi connectivity index (χ3n) is 3.58. The molecule has 8 heteroatoms. The van der Waals surface area contributed by atoms with Crippen LogP contribution in [-0.4, -0.2) is 38.3 Å². The average molecular weight is 398 g/mol. The molecule has 0 aliphatic carbocycles. The summed E-state index contributed by atoms with van der Waals surface area (Å²) < 4.78 is 5.12. The predicted octanol–water partition coefficient (Wildman–Crippen LogP) is 2.81. The summed E-state index contributed by atoms with van der Waals surface area (Å²) >= 11 is 1.24. The highest BCUT2D eigenvalue weighted by Crippen LogP contribution is 2.29. The number of nitrogens with one attached hydrogen (secondary N) is 1. The number of cyclic esters (lactones) is 1. The molecular formula is C15H16BrN3O3S. The summed E-state index contributed by atoms with van der Waals surface area (Å²) in [5.74, 6) is 0.407. The normalized spacial score (nSPS) is 20.0. The van der Waals surface area contributed by atoms with E-state index < -0.39 is 5.60 Å². The van der Waals surface area contributed by atoms with Gasteiger partial charge in [0.2, 0.25) is 5.16 Å². The monoisotopic (exact) mass is 397 g/mol. The zero-order valence-corrected chi connectivity index (χ0v) is 15.0. The first-order valence-electron chi connectivity index (χ1n) is 6.93. The lowest BCUT2D eigenvalue weighted by Crippen LogP contribution is -2.36. The number of thioether (sulfide) groups is 1. The molecular weight excluding hydrogens is 382 g/mol. The van der Waals surface area contributed by atoms with Gasteiger partial charge in [-0.05, 0) is 6.92 Å². The fraction of sp³-hybridized carbons (Fsp3) is 0.333. The van der Waals surface area contributed by atoms with Crippen molar-refractivity contribution in [3.8, 4) is 11.4 Å². The highest BCUT2D eigenvalue weighted by atomic mass is 79.9. The van der Waals surface area contributed by atoms with Gasteiger partial charge in [-0.2, -0.15) is 0 Å². The molecule has 1 aliphatic rings. The van der Waals surface area contributed by atoms with Crippen LogP contribution in [0.3, 0.4) is 0 Å². The molecule has 0 radical (unpaired) electrons. The number of hydrogen-bond donors (Lipinski definition) is 1. The standard InChI is InChI=1S/C15H15N3O3S.BrH/c1-15(8-7-12(20)21-15)11(19)9-22-14-16-13(17-18-14)10-5-3-2-4-6-10;/h2-6H,7-9H2,1H3,(H,16,17,18);1H. The molecule has 1 atom stereocenters. The van der Waals surface area contributed by atoms with E-state index in [0.717, 1.165) is 5.56 Å². The lowest BCUT2D eigenvalue weighted by molar-refractivity contribution is -0.154. The largest absolute Gasteiger partial charge is 0.451 e. The highest BCUT2D eigenvalue weighted by molar-refractivity contribution is 8.93. The summed E-state index contributed by atoms with van der Waals surface area (Å²) in [6.45, 7) is 1.66. The molecule has 1 saturated heterocycles. The first-order valence-corrected chi connectivity index (χ1v) is 7.91. The highest BCUT2D eigenvalue weighted by Gasteiger charge is 2.42. The van der Waals surface area contributed by atoms with E-state index in [4.69, 9.17) is 4.74 Å². The smallest absolute Gasteiger partial charge is 0.306 e. The van der Waals surface area contributed by atoms with Gasteiger partial charge in [-0.3, -0.25) is 14.7 Å². The molecule has 1 aromatic heterocycles. The zero-order valence-electron chi connectivity index (χ0n) is 12.4. The second-order valence-corrected chi connectivity index (χ2v) is 6.19. The van der Waals surface area contributed by atoms with E-state index in [-0.39, 0.29) is 34.5 Å². The minimum atomic E-state index is -0.997. The Bertz CT molecular complexity index is 707. The fourth-order valence-corrected chi connectivity index (χ4v) is 3.04. The number of H-pyrrole nitrogens is 1. The number of hydrogen-bond acceptors (Lipinski definition) is 6. The van der Waals surface area contributed by atoms with Crippen molar-refractivity contribution < 1.29 is 14.3 Å². The third kappa shape index (κ3) is 4.00. The number of Topliss-reactive ketones (excluding diaryl/α,β-unsaturated/α-hetero) is 1. The number of carbonyl (C=O) groups excluding carboxylic acids is 2. The van der Waals surface area contributed by atoms with Gasteiger partial charge < -0.3 is 4.74 Å². The van der Waals surface area contributed by atoms with Gasteiger partial charge in [0, 0.05) is 18.4 Å². The molecule has 3 rings (SSSR count). The number of rotatable bonds is 5. The molecule has 23 heavy (non-hydrogen) atoms. The molecule has 0 saturated carbocycles. The quantitative estimate of drug-likeness (QED) is 0.616. The second-order valence-electron chi connectivity index (χ2n) is 5.25. The molecule has 1 N–H and O–H groups in total. The van der Waals surface area contributed by atoms with Crippen molar-refractivity contribution in [2.24, 2.45) is 0 Å². The van der Waals surface area contributed by atoms with Crippen molar-refractivity contribution in [3.63, 3.8) is 0 Å². The lowest BCUT2D eigenvalue weighted by atomic mass is 9.98. The summed E-state index contributed by atoms with van der Waals surface area (Å²) in [4.78, 5) is 27.7. The number of carbonyl (C=O) groups is 2. The van der Waals surface area contributed by atoms with E-state index in [1.54, 1.807) is 6.92 Å². The van der Waals surface area contributed by atoms with Crippen molar-refractivity contribution >= 4 is 40.5 Å². The number of ketones is 1. The number of aromatic amines is 1. The molecule has 1 aromatic carbocycles. The Kier molecular flexibility index (Phi) is 5.59. The van der Waals surface area contributed by atoms with Crippen LogP contribution in [0.2, 0.25) is 0 Å². The van der Waals surface area contributed by atoms with Crippen LogP contribution in [0.4, 0.5) is 0 Å². The first kappa shape index (κ1) is 17.7. The second kappa shape index (κ2) is 7.27. The number of halogens is 1. The maximum absolute atomic E-state index is 12.2. The number of nitrogens with zero attached hydrogens (tertiary/aromatic N) is 2. The Morgan fingerprint density at radius 3 is 2.78 bits per heavy atom. The maximum Gasteiger partial charge on any atom is 0.306 e. The molecule has 0 amide bonds. The van der Waals surface area contributed by atoms with E-state index in [2.05, 4.69) is 15.2 Å². The van der Waals surface area contributed by atoms with Gasteiger partial charge in [0.15, 0.2) is 17.2 Å². The van der Waals surface area contributed by atoms with Gasteiger partial charge in [0.05, 0.1) is 5.75 Å². The Hall–Kier alpha value is -1.67. The van der Waals surface area contributed by atoms with Crippen LogP contribution in [0, 0.1) is 0 Å². The van der Waals surface area contributed by atoms with Crippen LogP contribution in [0.1, 0.15) is 19.8 Å². The number of esters is 1. The van der Waals surface area contributed by atoms with Crippen LogP contribution in [0.5, 0.6) is 0 Å². The summed E-state index contributed by atoms with van der Waals surface area (Å²) in [6.07, 6.45) is 0.736. The molecule has 1 unspecified atom stereocenters. The molecule has 1 aliphatic heterocycles. The van der Waals surface area contributed by atoms with Crippen molar-refractivity contribution in [1.29, 1.82) is 0 Å². The number of ether oxygens (including phenoxy) is 1. The fourth-order valence-electron chi connectivity index (χ4n) is 2.21. The molecule has 2 heterocycles. The van der Waals surface area contributed by atoms with Gasteiger partial charge in [-0.25, -0.2) is 4.98 Å². The summed E-state index contributed by atoms with van der Waals surface area (Å²) in [7, 11) is 0. The molecule has 1 fully saturated rings. The van der Waals surface area contributed by atoms with Gasteiger partial charge in [-0.15, -0.1) is 22.1 Å². The van der Waals surface area contributed by atoms with Crippen molar-refractivity contribution in [3.05, 3.63) is 30.3 Å². The topological polar surface area (TPSA) is 84.9 Å². The van der Waals surface area contributed by atoms with Crippen LogP contribution in [-0.2, 0) is 14.3 Å². The summed E-state index contributed by atoms with van der Waals surface area (Å²) in [5.41, 5.74) is -0.0623. The number of benzene rings is 1. The summed E-state index contributed by atoms with van der Waals surface area (Å²) in [6, 6.07) is 9.63. The SMILES string of the molecule is Br.CC1(C(=O)CSc2n[nH]c(-c3ccccc3)n2)CCC(=O)O1. The minimum absolute atomic E-state index is 0. The molecule has 6 nitrogen and oxygen atoms in total. The molecule has 122 valence electrons. The average Bonchev–Trinajstić information content (AvgIpc) is 3.13. The first-order chi connectivity index (χ1) is 10.6. The Balaban J connectivity index is 0.00000192. The van der Waals surface area contributed by atoms with Crippen LogP contribution >= 0.6 is 28.7 Å². The van der Waals surface area contributed by atoms with Gasteiger partial charge in [0.1, 0.15) is 0 Å². The van der Waals surface area contributed by atoms with E-state index in [0.29, 0.717) is 23.8 Å². The van der Waals surface area contributed by atoms with Crippen molar-refractivity contribution in [2.75, 3.05) is 5.75 Å². The van der Waals surface area contributed by atoms with Crippen LogP contribution in [0.15, 0.2) is 35.5 Å². The van der Waals surface area contributed by atoms with Gasteiger partial charge >= 0.3 is 5.97 Å². The lowest BCUT2D eigenvalue weighted by Gasteiger charge is -2.19. The zero-order chi connectivity index (χ0) is 15.6. The van der Waals surface area contributed by atoms with Gasteiger partial charge in [-0.1, -0.05) is 42.1 Å². The van der Waals surface area contributed by atoms with E-state index in [9.17, 15) is 9.59 Å². The van der Waals surface area contributed by atoms with Crippen molar-refractivity contribution in [2.45, 2.75) is 30.5 Å². The molecule has 2 aromatic rings. The van der Waals surface area contributed by atoms with Crippen LogP contribution < -0.4 is 0 Å². The van der Waals surface area contributed by atoms with E-state index in [1.165, 1.54) is 11.8 Å². The minimum Gasteiger partial charge on any atom is -0.451 e. The Morgan fingerprint density at radius 2 is 2.13 bits per heavy atom. The summed E-state index contributed by atoms with van der Waals surface area (Å²) in [5, 5.41) is 7.45. The van der Waals surface area contributed by atoms with Crippen molar-refractivity contribution in [1.82, 2.24) is 15.2 Å². The Labute approximate surface area is 148 Å². The molecule has 0 bridgehead atoms. The number of aromatic nitrogens is 3. The maximum atomic E-state index is 12.2. The van der Waals surface area contributed by atoms with Crippen LogP contribution in [0.25, 0.3) is 11.4 Å². The Morgan fingerprint density at radius 1 is 1.39 bits per heavy atom. The third-order valence-corrected chi connectivity index (χ3v) is 4.43. The predicted molar refractivity (Wildman–Crippen MR) is 91.6 cm³/mol. The van der Waals surface area contributed by atoms with Gasteiger partial charge in [0.25, 0.3) is 0 Å².